The first-order valence-corrected chi connectivity index (χ1v) is 7.19. The maximum atomic E-state index is 12.7. The first kappa shape index (κ1) is 14.8. The fraction of sp³-hybridized carbons (Fsp3) is 0.600. The highest BCUT2D eigenvalue weighted by molar-refractivity contribution is 5.94. The third-order valence-electron chi connectivity index (χ3n) is 3.91. The van der Waals surface area contributed by atoms with Gasteiger partial charge in [0.1, 0.15) is 5.69 Å². The molecule has 0 unspecified atom stereocenters. The van der Waals surface area contributed by atoms with Crippen molar-refractivity contribution in [2.45, 2.75) is 26.3 Å². The Morgan fingerprint density at radius 2 is 2.05 bits per heavy atom. The van der Waals surface area contributed by atoms with Crippen LogP contribution in [0.2, 0.25) is 0 Å². The lowest BCUT2D eigenvalue weighted by atomic mass is 10.1. The Morgan fingerprint density at radius 3 is 2.60 bits per heavy atom. The molecule has 2 rings (SSSR count). The Hall–Kier alpha value is -1.62. The summed E-state index contributed by atoms with van der Waals surface area (Å²) in [6.07, 6.45) is 4.25. The van der Waals surface area contributed by atoms with Crippen LogP contribution in [0.25, 0.3) is 0 Å². The molecule has 0 spiro atoms. The normalized spacial score (nSPS) is 16.7. The van der Waals surface area contributed by atoms with Gasteiger partial charge in [-0.15, -0.1) is 6.58 Å². The molecule has 0 atom stereocenters. The Bertz CT molecular complexity index is 484. The maximum Gasteiger partial charge on any atom is 0.272 e. The molecule has 1 aliphatic rings. The van der Waals surface area contributed by atoms with Gasteiger partial charge in [0.2, 0.25) is 0 Å². The van der Waals surface area contributed by atoms with Crippen LogP contribution in [0.1, 0.15) is 29.9 Å². The summed E-state index contributed by atoms with van der Waals surface area (Å²) in [6.45, 7) is 11.6. The predicted molar refractivity (Wildman–Crippen MR) is 79.7 cm³/mol. The van der Waals surface area contributed by atoms with Crippen molar-refractivity contribution in [1.82, 2.24) is 19.6 Å². The van der Waals surface area contributed by atoms with Gasteiger partial charge in [-0.05, 0) is 20.3 Å². The predicted octanol–water partition coefficient (Wildman–Crippen LogP) is 1.31. The van der Waals surface area contributed by atoms with E-state index in [2.05, 4.69) is 30.4 Å². The van der Waals surface area contributed by atoms with E-state index in [9.17, 15) is 4.79 Å². The number of hydrogen-bond donors (Lipinski definition) is 0. The van der Waals surface area contributed by atoms with E-state index in [1.807, 2.05) is 18.0 Å². The van der Waals surface area contributed by atoms with Crippen molar-refractivity contribution in [2.24, 2.45) is 7.05 Å². The van der Waals surface area contributed by atoms with Crippen molar-refractivity contribution in [1.29, 1.82) is 0 Å². The van der Waals surface area contributed by atoms with Crippen LogP contribution in [-0.2, 0) is 13.5 Å². The van der Waals surface area contributed by atoms with Crippen molar-refractivity contribution < 1.29 is 4.79 Å². The topological polar surface area (TPSA) is 41.4 Å². The minimum atomic E-state index is 0.0882. The Labute approximate surface area is 120 Å². The minimum absolute atomic E-state index is 0.0882. The lowest BCUT2D eigenvalue weighted by molar-refractivity contribution is 0.0584. The van der Waals surface area contributed by atoms with Gasteiger partial charge in [0.15, 0.2) is 0 Å². The lowest BCUT2D eigenvalue weighted by Crippen LogP contribution is -2.51. The van der Waals surface area contributed by atoms with Crippen LogP contribution in [0, 0.1) is 0 Å². The molecule has 1 saturated heterocycles. The van der Waals surface area contributed by atoms with Crippen molar-refractivity contribution in [3.05, 3.63) is 30.1 Å². The summed E-state index contributed by atoms with van der Waals surface area (Å²) < 4.78 is 1.68. The van der Waals surface area contributed by atoms with Gasteiger partial charge in [0, 0.05) is 44.8 Å². The third-order valence-corrected chi connectivity index (χ3v) is 3.91. The molecule has 0 saturated carbocycles. The molecule has 0 aromatic carbocycles. The van der Waals surface area contributed by atoms with E-state index in [4.69, 9.17) is 0 Å². The van der Waals surface area contributed by atoms with E-state index in [1.54, 1.807) is 10.9 Å². The molecule has 2 heterocycles. The van der Waals surface area contributed by atoms with E-state index in [0.717, 1.165) is 31.7 Å². The highest BCUT2D eigenvalue weighted by atomic mass is 16.2. The van der Waals surface area contributed by atoms with Crippen LogP contribution >= 0.6 is 0 Å². The smallest absolute Gasteiger partial charge is 0.272 e. The largest absolute Gasteiger partial charge is 0.335 e. The minimum Gasteiger partial charge on any atom is -0.335 e. The zero-order chi connectivity index (χ0) is 14.7. The molecule has 1 aromatic heterocycles. The number of hydrogen-bond acceptors (Lipinski definition) is 3. The number of piperazine rings is 1. The molecule has 1 fully saturated rings. The number of aryl methyl sites for hydroxylation is 1. The second-order valence-corrected chi connectivity index (χ2v) is 5.56. The lowest BCUT2D eigenvalue weighted by Gasteiger charge is -2.37. The number of carbonyl (C=O) groups is 1. The number of carbonyl (C=O) groups excluding carboxylic acids is 1. The average molecular weight is 276 g/mol. The van der Waals surface area contributed by atoms with Crippen LogP contribution in [-0.4, -0.2) is 57.7 Å². The van der Waals surface area contributed by atoms with Crippen molar-refractivity contribution >= 4 is 5.91 Å². The van der Waals surface area contributed by atoms with Gasteiger partial charge in [-0.1, -0.05) is 6.08 Å². The second-order valence-electron chi connectivity index (χ2n) is 5.56. The van der Waals surface area contributed by atoms with Gasteiger partial charge < -0.3 is 4.90 Å². The fourth-order valence-electron chi connectivity index (χ4n) is 2.65. The summed E-state index contributed by atoms with van der Waals surface area (Å²) in [5, 5.41) is 4.21. The summed E-state index contributed by atoms with van der Waals surface area (Å²) in [7, 11) is 1.82. The molecule has 0 bridgehead atoms. The first-order chi connectivity index (χ1) is 9.54. The number of nitrogens with zero attached hydrogens (tertiary/aromatic N) is 4. The first-order valence-electron chi connectivity index (χ1n) is 7.19. The summed E-state index contributed by atoms with van der Waals surface area (Å²) in [6, 6.07) is 0.542. The van der Waals surface area contributed by atoms with E-state index in [1.165, 1.54) is 0 Å². The molecule has 20 heavy (non-hydrogen) atoms. The Kier molecular flexibility index (Phi) is 4.60. The monoisotopic (exact) mass is 276 g/mol. The molecule has 0 N–H and O–H groups in total. The summed E-state index contributed by atoms with van der Waals surface area (Å²) in [5.74, 6) is 0.0882. The number of allylic oxidation sites excluding steroid dienone is 1. The molecule has 5 heteroatoms. The standard InChI is InChI=1S/C15H24N4O/c1-5-6-13-11-16-17(4)14(13)15(20)19-9-7-18(8-10-19)12(2)3/h5,11-12H,1,6-10H2,2-4H3. The van der Waals surface area contributed by atoms with E-state index < -0.39 is 0 Å². The van der Waals surface area contributed by atoms with Crippen molar-refractivity contribution in [3.8, 4) is 0 Å². The van der Waals surface area contributed by atoms with Crippen LogP contribution in [0.3, 0.4) is 0 Å². The van der Waals surface area contributed by atoms with Gasteiger partial charge in [-0.25, -0.2) is 0 Å². The van der Waals surface area contributed by atoms with Crippen molar-refractivity contribution in [2.75, 3.05) is 26.2 Å². The zero-order valence-corrected chi connectivity index (χ0v) is 12.7. The number of amides is 1. The van der Waals surface area contributed by atoms with Crippen LogP contribution < -0.4 is 0 Å². The quantitative estimate of drug-likeness (QED) is 0.779. The highest BCUT2D eigenvalue weighted by Gasteiger charge is 2.26. The number of aromatic nitrogens is 2. The number of rotatable bonds is 4. The molecule has 110 valence electrons. The zero-order valence-electron chi connectivity index (χ0n) is 12.7. The molecule has 1 aliphatic heterocycles. The summed E-state index contributed by atoms with van der Waals surface area (Å²) in [5.41, 5.74) is 1.65. The molecule has 1 amide bonds. The van der Waals surface area contributed by atoms with Gasteiger partial charge in [0.05, 0.1) is 6.20 Å². The van der Waals surface area contributed by atoms with Crippen LogP contribution in [0.4, 0.5) is 0 Å². The summed E-state index contributed by atoms with van der Waals surface area (Å²) in [4.78, 5) is 17.0. The maximum absolute atomic E-state index is 12.7. The molecular weight excluding hydrogens is 252 g/mol. The fourth-order valence-corrected chi connectivity index (χ4v) is 2.65. The van der Waals surface area contributed by atoms with E-state index in [0.29, 0.717) is 18.2 Å². The van der Waals surface area contributed by atoms with Crippen LogP contribution in [0.5, 0.6) is 0 Å². The summed E-state index contributed by atoms with van der Waals surface area (Å²) >= 11 is 0. The molecule has 0 aliphatic carbocycles. The van der Waals surface area contributed by atoms with Gasteiger partial charge in [0.25, 0.3) is 5.91 Å². The molecule has 0 radical (unpaired) electrons. The van der Waals surface area contributed by atoms with Gasteiger partial charge in [-0.3, -0.25) is 14.4 Å². The van der Waals surface area contributed by atoms with E-state index >= 15 is 0 Å². The highest BCUT2D eigenvalue weighted by Crippen LogP contribution is 2.14. The van der Waals surface area contributed by atoms with E-state index in [-0.39, 0.29) is 5.91 Å². The SMILES string of the molecule is C=CCc1cnn(C)c1C(=O)N1CCN(C(C)C)CC1. The average Bonchev–Trinajstić information content (AvgIpc) is 2.79. The second kappa shape index (κ2) is 6.22. The third kappa shape index (κ3) is 2.93. The van der Waals surface area contributed by atoms with Gasteiger partial charge >= 0.3 is 0 Å². The molecule has 1 aromatic rings. The van der Waals surface area contributed by atoms with Gasteiger partial charge in [-0.2, -0.15) is 5.10 Å². The Balaban J connectivity index is 2.09. The Morgan fingerprint density at radius 1 is 1.40 bits per heavy atom. The molecule has 5 nitrogen and oxygen atoms in total. The van der Waals surface area contributed by atoms with Crippen molar-refractivity contribution in [3.63, 3.8) is 0 Å². The molecular formula is C15H24N4O. The van der Waals surface area contributed by atoms with Crippen LogP contribution in [0.15, 0.2) is 18.9 Å².